The Morgan fingerprint density at radius 1 is 0.833 bits per heavy atom. The van der Waals surface area contributed by atoms with Crippen LogP contribution in [0.3, 0.4) is 0 Å². The van der Waals surface area contributed by atoms with Crippen LogP contribution in [0, 0.1) is 0 Å². The van der Waals surface area contributed by atoms with E-state index in [0.29, 0.717) is 18.6 Å². The molecule has 0 aliphatic rings. The van der Waals surface area contributed by atoms with Crippen molar-refractivity contribution in [2.45, 2.75) is 32.1 Å². The topological polar surface area (TPSA) is 96.5 Å². The highest BCUT2D eigenvalue weighted by Gasteiger charge is 2.09. The van der Waals surface area contributed by atoms with Gasteiger partial charge >= 0.3 is 5.97 Å². The van der Waals surface area contributed by atoms with E-state index in [2.05, 4.69) is 16.2 Å². The van der Waals surface area contributed by atoms with Gasteiger partial charge in [-0.25, -0.2) is 0 Å². The van der Waals surface area contributed by atoms with E-state index in [4.69, 9.17) is 17.0 Å². The highest BCUT2D eigenvalue weighted by atomic mass is 32.1. The molecule has 2 aromatic rings. The van der Waals surface area contributed by atoms with Crippen molar-refractivity contribution in [2.24, 2.45) is 0 Å². The fourth-order valence-electron chi connectivity index (χ4n) is 2.57. The van der Waals surface area contributed by atoms with Gasteiger partial charge in [-0.3, -0.25) is 25.2 Å². The van der Waals surface area contributed by atoms with Crippen LogP contribution in [-0.4, -0.2) is 29.5 Å². The number of esters is 1. The molecular formula is C22H25N3O4S. The summed E-state index contributed by atoms with van der Waals surface area (Å²) in [5, 5.41) is 2.42. The van der Waals surface area contributed by atoms with Gasteiger partial charge in [-0.2, -0.15) is 0 Å². The molecule has 0 spiro atoms. The second-order valence-corrected chi connectivity index (χ2v) is 6.89. The summed E-state index contributed by atoms with van der Waals surface area (Å²) in [5.41, 5.74) is 6.53. The lowest BCUT2D eigenvalue weighted by Gasteiger charge is -2.10. The molecule has 0 fully saturated rings. The molecule has 0 heterocycles. The molecule has 0 radical (unpaired) electrons. The van der Waals surface area contributed by atoms with Gasteiger partial charge in [0.2, 0.25) is 5.91 Å². The second-order valence-electron chi connectivity index (χ2n) is 6.49. The van der Waals surface area contributed by atoms with Crippen molar-refractivity contribution in [3.63, 3.8) is 0 Å². The lowest BCUT2D eigenvalue weighted by Crippen LogP contribution is -2.48. The number of rotatable bonds is 9. The Labute approximate surface area is 181 Å². The summed E-state index contributed by atoms with van der Waals surface area (Å²) in [5.74, 6) is -1.05. The van der Waals surface area contributed by atoms with Crippen molar-refractivity contribution in [3.8, 4) is 0 Å². The number of nitrogens with one attached hydrogen (secondary N) is 3. The predicted molar refractivity (Wildman–Crippen MR) is 117 cm³/mol. The van der Waals surface area contributed by atoms with Crippen LogP contribution in [0.15, 0.2) is 60.7 Å². The van der Waals surface area contributed by atoms with Crippen LogP contribution in [0.2, 0.25) is 0 Å². The Balaban J connectivity index is 1.52. The molecule has 158 valence electrons. The zero-order valence-electron chi connectivity index (χ0n) is 16.6. The number of hydrogen-bond donors (Lipinski definition) is 3. The highest BCUT2D eigenvalue weighted by molar-refractivity contribution is 7.80. The summed E-state index contributed by atoms with van der Waals surface area (Å²) in [6, 6.07) is 18.6. The van der Waals surface area contributed by atoms with Crippen LogP contribution in [0.25, 0.3) is 0 Å². The zero-order valence-corrected chi connectivity index (χ0v) is 17.4. The summed E-state index contributed by atoms with van der Waals surface area (Å²) in [6.07, 6.45) is 2.23. The van der Waals surface area contributed by atoms with Crippen molar-refractivity contribution < 1.29 is 19.1 Å². The molecule has 7 nitrogen and oxygen atoms in total. The number of amides is 2. The molecule has 0 bridgehead atoms. The molecule has 2 rings (SSSR count). The average molecular weight is 428 g/mol. The Kier molecular flexibility index (Phi) is 10.0. The molecule has 0 unspecified atom stereocenters. The number of carbonyl (C=O) groups excluding carboxylic acids is 3. The van der Waals surface area contributed by atoms with Gasteiger partial charge in [0.1, 0.15) is 0 Å². The van der Waals surface area contributed by atoms with E-state index in [1.165, 1.54) is 5.56 Å². The fourth-order valence-corrected chi connectivity index (χ4v) is 2.73. The summed E-state index contributed by atoms with van der Waals surface area (Å²) < 4.78 is 5.18. The lowest BCUT2D eigenvalue weighted by atomic mass is 10.1. The number of hydrazine groups is 1. The van der Waals surface area contributed by atoms with Gasteiger partial charge in [0.25, 0.3) is 5.91 Å². The van der Waals surface area contributed by atoms with Gasteiger partial charge in [0, 0.05) is 18.4 Å². The minimum absolute atomic E-state index is 0.0206. The average Bonchev–Trinajstić information content (AvgIpc) is 2.76. The van der Waals surface area contributed by atoms with E-state index in [-0.39, 0.29) is 35.7 Å². The van der Waals surface area contributed by atoms with Crippen molar-refractivity contribution in [2.75, 3.05) is 6.61 Å². The fraction of sp³-hybridized carbons (Fsp3) is 0.273. The van der Waals surface area contributed by atoms with E-state index in [9.17, 15) is 14.4 Å². The monoisotopic (exact) mass is 427 g/mol. The van der Waals surface area contributed by atoms with Gasteiger partial charge < -0.3 is 10.1 Å². The van der Waals surface area contributed by atoms with Crippen molar-refractivity contribution in [1.82, 2.24) is 16.2 Å². The molecule has 0 saturated heterocycles. The quantitative estimate of drug-likeness (QED) is 0.246. The third kappa shape index (κ3) is 9.29. The number of hydrogen-bond acceptors (Lipinski definition) is 5. The Morgan fingerprint density at radius 2 is 1.50 bits per heavy atom. The van der Waals surface area contributed by atoms with Crippen LogP contribution in [0.1, 0.15) is 41.6 Å². The Hall–Kier alpha value is -3.26. The van der Waals surface area contributed by atoms with Crippen molar-refractivity contribution in [1.29, 1.82) is 0 Å². The zero-order chi connectivity index (χ0) is 21.6. The molecule has 0 saturated carbocycles. The van der Waals surface area contributed by atoms with Gasteiger partial charge in [0.05, 0.1) is 6.61 Å². The molecule has 3 N–H and O–H groups in total. The number of aryl methyl sites for hydroxylation is 1. The van der Waals surface area contributed by atoms with Crippen molar-refractivity contribution in [3.05, 3.63) is 71.8 Å². The SMILES string of the molecule is O=C(CCCC(=O)OCCCc1ccccc1)NC(=S)NNC(=O)c1ccccc1. The Bertz CT molecular complexity index is 844. The normalized spacial score (nSPS) is 10.0. The van der Waals surface area contributed by atoms with Gasteiger partial charge in [-0.15, -0.1) is 0 Å². The van der Waals surface area contributed by atoms with Crippen LogP contribution >= 0.6 is 12.2 Å². The largest absolute Gasteiger partial charge is 0.466 e. The highest BCUT2D eigenvalue weighted by Crippen LogP contribution is 2.04. The number of carbonyl (C=O) groups is 3. The van der Waals surface area contributed by atoms with Gasteiger partial charge in [-0.05, 0) is 49.2 Å². The Morgan fingerprint density at radius 3 is 2.20 bits per heavy atom. The first-order valence-corrected chi connectivity index (χ1v) is 10.1. The maximum Gasteiger partial charge on any atom is 0.305 e. The van der Waals surface area contributed by atoms with Crippen LogP contribution in [0.4, 0.5) is 0 Å². The summed E-state index contributed by atoms with van der Waals surface area (Å²) >= 11 is 4.96. The first-order valence-electron chi connectivity index (χ1n) is 9.69. The molecule has 2 aromatic carbocycles. The third-order valence-corrected chi connectivity index (χ3v) is 4.28. The molecule has 2 amide bonds. The van der Waals surface area contributed by atoms with E-state index < -0.39 is 0 Å². The van der Waals surface area contributed by atoms with E-state index in [1.54, 1.807) is 30.3 Å². The molecular weight excluding hydrogens is 402 g/mol. The molecule has 0 aliphatic heterocycles. The van der Waals surface area contributed by atoms with E-state index in [0.717, 1.165) is 12.8 Å². The molecule has 0 aliphatic carbocycles. The maximum atomic E-state index is 11.9. The second kappa shape index (κ2) is 13.1. The van der Waals surface area contributed by atoms with Crippen LogP contribution in [0.5, 0.6) is 0 Å². The summed E-state index contributed by atoms with van der Waals surface area (Å²) in [4.78, 5) is 35.5. The molecule has 30 heavy (non-hydrogen) atoms. The predicted octanol–water partition coefficient (Wildman–Crippen LogP) is 2.67. The first kappa shape index (κ1) is 23.0. The van der Waals surface area contributed by atoms with Crippen molar-refractivity contribution >= 4 is 35.1 Å². The number of ether oxygens (including phenoxy) is 1. The van der Waals surface area contributed by atoms with E-state index in [1.807, 2.05) is 30.3 Å². The smallest absolute Gasteiger partial charge is 0.305 e. The first-order chi connectivity index (χ1) is 14.5. The number of benzene rings is 2. The lowest BCUT2D eigenvalue weighted by molar-refractivity contribution is -0.143. The summed E-state index contributed by atoms with van der Waals surface area (Å²) in [7, 11) is 0. The van der Waals surface area contributed by atoms with Crippen LogP contribution < -0.4 is 16.2 Å². The maximum absolute atomic E-state index is 11.9. The number of thiocarbonyl (C=S) groups is 1. The third-order valence-electron chi connectivity index (χ3n) is 4.08. The molecule has 8 heteroatoms. The van der Waals surface area contributed by atoms with Gasteiger partial charge in [-0.1, -0.05) is 48.5 Å². The van der Waals surface area contributed by atoms with E-state index >= 15 is 0 Å². The van der Waals surface area contributed by atoms with Crippen LogP contribution in [-0.2, 0) is 20.7 Å². The standard InChI is InChI=1S/C22H25N3O4S/c26-19(23-22(30)25-24-21(28)18-12-5-2-6-13-18)14-7-15-20(27)29-16-8-11-17-9-3-1-4-10-17/h1-6,9-10,12-13H,7-8,11,14-16H2,(H,24,28)(H2,23,25,26,30). The minimum Gasteiger partial charge on any atom is -0.466 e. The molecule has 0 aromatic heterocycles. The summed E-state index contributed by atoms with van der Waals surface area (Å²) in [6.45, 7) is 0.356. The minimum atomic E-state index is -0.373. The van der Waals surface area contributed by atoms with Gasteiger partial charge in [0.15, 0.2) is 5.11 Å². The molecule has 0 atom stereocenters.